The van der Waals surface area contributed by atoms with Crippen molar-refractivity contribution in [3.8, 4) is 0 Å². The Kier molecular flexibility index (Phi) is 4.09. The summed E-state index contributed by atoms with van der Waals surface area (Å²) in [4.78, 5) is 0. The molecule has 0 spiro atoms. The average Bonchev–Trinajstić information content (AvgIpc) is 2.29. The molecule has 4 nitrogen and oxygen atoms in total. The maximum absolute atomic E-state index is 11.4. The normalized spacial score (nSPS) is 12.8. The van der Waals surface area contributed by atoms with Gasteiger partial charge < -0.3 is 5.73 Å². The summed E-state index contributed by atoms with van der Waals surface area (Å²) in [5.74, 6) is 0. The Hall–Kier alpha value is -1.59. The molecule has 17 heavy (non-hydrogen) atoms. The molecule has 0 aliphatic carbocycles. The molecule has 0 aliphatic heterocycles. The van der Waals surface area contributed by atoms with Crippen molar-refractivity contribution >= 4 is 21.8 Å². The molecule has 0 saturated carbocycles. The average molecular weight is 252 g/mol. The molecule has 92 valence electrons. The highest BCUT2D eigenvalue weighted by Gasteiger charge is 2.09. The number of hydrogen-bond donors (Lipinski definition) is 2. The van der Waals surface area contributed by atoms with E-state index >= 15 is 0 Å². The number of hydrogen-bond acceptors (Lipinski definition) is 3. The first-order chi connectivity index (χ1) is 7.89. The Balaban J connectivity index is 3.18. The van der Waals surface area contributed by atoms with E-state index in [9.17, 15) is 8.42 Å². The molecule has 3 N–H and O–H groups in total. The highest BCUT2D eigenvalue weighted by atomic mass is 32.2. The molecular formula is C12H16N2O2S. The van der Waals surface area contributed by atoms with Gasteiger partial charge in [0.1, 0.15) is 0 Å². The minimum Gasteiger partial charge on any atom is -0.324 e. The molecule has 0 aromatic heterocycles. The second-order valence-electron chi connectivity index (χ2n) is 3.65. The molecule has 1 aromatic carbocycles. The van der Waals surface area contributed by atoms with E-state index in [4.69, 9.17) is 5.73 Å². The van der Waals surface area contributed by atoms with E-state index in [2.05, 4.69) is 17.9 Å². The zero-order valence-corrected chi connectivity index (χ0v) is 10.5. The summed E-state index contributed by atoms with van der Waals surface area (Å²) in [6.45, 7) is 8.74. The van der Waals surface area contributed by atoms with E-state index in [1.54, 1.807) is 24.3 Å². The lowest BCUT2D eigenvalue weighted by Crippen LogP contribution is -2.10. The maximum atomic E-state index is 11.4. The van der Waals surface area contributed by atoms with Crippen LogP contribution in [0, 0.1) is 0 Å². The van der Waals surface area contributed by atoms with Crippen molar-refractivity contribution < 1.29 is 8.42 Å². The maximum Gasteiger partial charge on any atom is 0.254 e. The molecule has 5 heteroatoms. The monoisotopic (exact) mass is 252 g/mol. The van der Waals surface area contributed by atoms with Crippen LogP contribution in [-0.4, -0.2) is 8.42 Å². The molecule has 0 radical (unpaired) electrons. The fraction of sp³-hybridized carbons (Fsp3) is 0.167. The highest BCUT2D eigenvalue weighted by molar-refractivity contribution is 7.95. The smallest absolute Gasteiger partial charge is 0.254 e. The van der Waals surface area contributed by atoms with Crippen LogP contribution in [0.2, 0.25) is 0 Å². The Morgan fingerprint density at radius 1 is 1.41 bits per heavy atom. The van der Waals surface area contributed by atoms with Crippen LogP contribution >= 0.6 is 0 Å². The fourth-order valence-electron chi connectivity index (χ4n) is 1.32. The predicted molar refractivity (Wildman–Crippen MR) is 71.9 cm³/mol. The number of nitrogens with two attached hydrogens (primary N) is 1. The van der Waals surface area contributed by atoms with Crippen LogP contribution in [0.15, 0.2) is 36.8 Å². The Bertz CT molecular complexity index is 533. The van der Waals surface area contributed by atoms with Crippen molar-refractivity contribution in [1.29, 1.82) is 0 Å². The summed E-state index contributed by atoms with van der Waals surface area (Å²) in [6.07, 6.45) is 1.58. The molecular weight excluding hydrogens is 236 g/mol. The van der Waals surface area contributed by atoms with E-state index in [-0.39, 0.29) is 6.04 Å². The number of anilines is 1. The second kappa shape index (κ2) is 5.16. The number of rotatable bonds is 5. The molecule has 0 bridgehead atoms. The molecule has 0 fully saturated rings. The minimum atomic E-state index is -3.50. The lowest BCUT2D eigenvalue weighted by Gasteiger charge is -2.12. The van der Waals surface area contributed by atoms with Gasteiger partial charge in [-0.1, -0.05) is 25.3 Å². The molecule has 0 amide bonds. The summed E-state index contributed by atoms with van der Waals surface area (Å²) in [6, 6.07) is 5.13. The Morgan fingerprint density at radius 2 is 2.06 bits per heavy atom. The van der Waals surface area contributed by atoms with Gasteiger partial charge in [-0.3, -0.25) is 4.72 Å². The van der Waals surface area contributed by atoms with E-state index in [1.807, 2.05) is 6.92 Å². The van der Waals surface area contributed by atoms with Crippen molar-refractivity contribution in [3.63, 3.8) is 0 Å². The van der Waals surface area contributed by atoms with Crippen molar-refractivity contribution in [3.05, 3.63) is 47.9 Å². The first-order valence-corrected chi connectivity index (χ1v) is 6.61. The lowest BCUT2D eigenvalue weighted by molar-refractivity contribution is 0.609. The summed E-state index contributed by atoms with van der Waals surface area (Å²) in [7, 11) is -3.50. The molecule has 1 rings (SSSR count). The summed E-state index contributed by atoms with van der Waals surface area (Å²) < 4.78 is 25.1. The summed E-state index contributed by atoms with van der Waals surface area (Å²) in [5.41, 5.74) is 7.82. The van der Waals surface area contributed by atoms with Gasteiger partial charge in [0.2, 0.25) is 0 Å². The molecule has 0 heterocycles. The minimum absolute atomic E-state index is 0.112. The van der Waals surface area contributed by atoms with Gasteiger partial charge in [0.15, 0.2) is 0 Å². The number of nitrogens with one attached hydrogen (secondary N) is 1. The van der Waals surface area contributed by atoms with E-state index in [0.717, 1.165) is 11.0 Å². The van der Waals surface area contributed by atoms with Crippen LogP contribution in [0.25, 0.3) is 6.08 Å². The molecule has 0 saturated heterocycles. The fourth-order valence-corrected chi connectivity index (χ4v) is 1.90. The third kappa shape index (κ3) is 3.44. The van der Waals surface area contributed by atoms with Crippen LogP contribution < -0.4 is 10.5 Å². The zero-order chi connectivity index (χ0) is 13.1. The van der Waals surface area contributed by atoms with Gasteiger partial charge in [-0.15, -0.1) is 0 Å². The highest BCUT2D eigenvalue weighted by Crippen LogP contribution is 2.22. The van der Waals surface area contributed by atoms with Crippen molar-refractivity contribution in [2.45, 2.75) is 13.0 Å². The van der Waals surface area contributed by atoms with Gasteiger partial charge >= 0.3 is 0 Å². The van der Waals surface area contributed by atoms with E-state index in [0.29, 0.717) is 11.3 Å². The number of benzene rings is 1. The topological polar surface area (TPSA) is 72.2 Å². The van der Waals surface area contributed by atoms with Crippen LogP contribution in [0.1, 0.15) is 24.1 Å². The Labute approximate surface area is 102 Å². The van der Waals surface area contributed by atoms with E-state index < -0.39 is 10.0 Å². The van der Waals surface area contributed by atoms with Gasteiger partial charge in [-0.05, 0) is 30.2 Å². The predicted octanol–water partition coefficient (Wildman–Crippen LogP) is 2.23. The van der Waals surface area contributed by atoms with Gasteiger partial charge in [-0.2, -0.15) is 0 Å². The molecule has 0 unspecified atom stereocenters. The summed E-state index contributed by atoms with van der Waals surface area (Å²) in [5, 5.41) is 0.860. The van der Waals surface area contributed by atoms with Crippen molar-refractivity contribution in [2.75, 3.05) is 4.72 Å². The van der Waals surface area contributed by atoms with Crippen LogP contribution in [0.4, 0.5) is 5.69 Å². The van der Waals surface area contributed by atoms with Gasteiger partial charge in [-0.25, -0.2) is 8.42 Å². The molecule has 0 aliphatic rings. The van der Waals surface area contributed by atoms with Crippen molar-refractivity contribution in [1.82, 2.24) is 0 Å². The zero-order valence-electron chi connectivity index (χ0n) is 9.68. The SMILES string of the molecule is C=Cc1cc([C@@H](C)N)ccc1NS(=O)(=O)C=C. The van der Waals surface area contributed by atoms with E-state index in [1.165, 1.54) is 0 Å². The third-order valence-corrected chi connectivity index (χ3v) is 3.24. The quantitative estimate of drug-likeness (QED) is 0.844. The van der Waals surface area contributed by atoms with Gasteiger partial charge in [0.25, 0.3) is 10.0 Å². The lowest BCUT2D eigenvalue weighted by atomic mass is 10.0. The van der Waals surface area contributed by atoms with Gasteiger partial charge in [0, 0.05) is 11.4 Å². The van der Waals surface area contributed by atoms with Gasteiger partial charge in [0.05, 0.1) is 5.69 Å². The second-order valence-corrected chi connectivity index (χ2v) is 5.28. The van der Waals surface area contributed by atoms with Crippen LogP contribution in [-0.2, 0) is 10.0 Å². The first-order valence-electron chi connectivity index (χ1n) is 5.07. The summed E-state index contributed by atoms with van der Waals surface area (Å²) >= 11 is 0. The van der Waals surface area contributed by atoms with Crippen molar-refractivity contribution in [2.24, 2.45) is 5.73 Å². The standard InChI is InChI=1S/C12H16N2O2S/c1-4-10-8-11(9(3)13)6-7-12(10)14-17(15,16)5-2/h4-9,14H,1-2,13H2,3H3/t9-/m1/s1. The van der Waals surface area contributed by atoms with Crippen LogP contribution in [0.3, 0.4) is 0 Å². The van der Waals surface area contributed by atoms with Crippen LogP contribution in [0.5, 0.6) is 0 Å². The molecule has 1 aromatic rings. The molecule has 1 atom stereocenters. The Morgan fingerprint density at radius 3 is 2.53 bits per heavy atom. The third-order valence-electron chi connectivity index (χ3n) is 2.29. The number of sulfonamides is 1. The largest absolute Gasteiger partial charge is 0.324 e. The first kappa shape index (κ1) is 13.5.